The van der Waals surface area contributed by atoms with E-state index < -0.39 is 0 Å². The molecule has 1 unspecified atom stereocenters. The third-order valence-electron chi connectivity index (χ3n) is 1.96. The molecule has 0 aromatic rings. The lowest BCUT2D eigenvalue weighted by Crippen LogP contribution is -2.29. The Labute approximate surface area is 66.8 Å². The van der Waals surface area contributed by atoms with Crippen LogP contribution in [0.5, 0.6) is 0 Å². The summed E-state index contributed by atoms with van der Waals surface area (Å²) in [4.78, 5) is 0. The Morgan fingerprint density at radius 2 is 1.90 bits per heavy atom. The smallest absolute Gasteiger partial charge is 0.0524 e. The molecule has 0 saturated carbocycles. The first kappa shape index (κ1) is 10.2. The topological polar surface area (TPSA) is 12.0 Å². The van der Waals surface area contributed by atoms with Crippen molar-refractivity contribution in [1.82, 2.24) is 5.32 Å². The first-order valence-electron chi connectivity index (χ1n) is 4.55. The van der Waals surface area contributed by atoms with Gasteiger partial charge in [0.1, 0.15) is 0 Å². The van der Waals surface area contributed by atoms with Gasteiger partial charge < -0.3 is 5.32 Å². The average molecular weight is 159 g/mol. The summed E-state index contributed by atoms with van der Waals surface area (Å²) < 4.78 is 0. The molecule has 10 heavy (non-hydrogen) atoms. The lowest BCUT2D eigenvalue weighted by molar-refractivity contribution is 0.814. The van der Waals surface area contributed by atoms with E-state index in [9.17, 15) is 0 Å². The molecule has 0 radical (unpaired) electrons. The predicted molar refractivity (Wildman–Crippen MR) is 51.3 cm³/mol. The Morgan fingerprint density at radius 3 is 2.30 bits per heavy atom. The molecule has 1 N–H and O–H groups in total. The van der Waals surface area contributed by atoms with Gasteiger partial charge in [0.25, 0.3) is 0 Å². The molecular formula is C8H21NSi. The molecule has 0 bridgehead atoms. The predicted octanol–water partition coefficient (Wildman–Crippen LogP) is 1.79. The van der Waals surface area contributed by atoms with Gasteiger partial charge in [0, 0.05) is 0 Å². The van der Waals surface area contributed by atoms with Crippen LogP contribution in [0.15, 0.2) is 0 Å². The molecule has 0 aliphatic rings. The second-order valence-electron chi connectivity index (χ2n) is 2.87. The fourth-order valence-electron chi connectivity index (χ4n) is 1.21. The third-order valence-corrected chi connectivity index (χ3v) is 5.37. The molecule has 0 spiro atoms. The van der Waals surface area contributed by atoms with E-state index >= 15 is 0 Å². The van der Waals surface area contributed by atoms with Crippen LogP contribution in [0.1, 0.15) is 27.2 Å². The molecule has 0 amide bonds. The van der Waals surface area contributed by atoms with Crippen LogP contribution in [0.4, 0.5) is 0 Å². The minimum absolute atomic E-state index is 0.342. The molecule has 62 valence electrons. The van der Waals surface area contributed by atoms with Crippen molar-refractivity contribution in [2.24, 2.45) is 0 Å². The number of rotatable bonds is 6. The highest BCUT2D eigenvalue weighted by Crippen LogP contribution is 2.00. The standard InChI is InChI=1S/C8H21NSi/c1-4-7-10(6-3)8-9-5-2/h9-10H,4-8H2,1-3H3. The summed E-state index contributed by atoms with van der Waals surface area (Å²) in [6.07, 6.45) is 2.73. The highest BCUT2D eigenvalue weighted by atomic mass is 28.3. The van der Waals surface area contributed by atoms with Crippen molar-refractivity contribution in [3.8, 4) is 0 Å². The van der Waals surface area contributed by atoms with E-state index in [1.54, 1.807) is 0 Å². The summed E-state index contributed by atoms with van der Waals surface area (Å²) in [6.45, 7) is 7.96. The summed E-state index contributed by atoms with van der Waals surface area (Å²) in [5, 5.41) is 3.45. The van der Waals surface area contributed by atoms with Crippen LogP contribution in [0.2, 0.25) is 12.1 Å². The van der Waals surface area contributed by atoms with Crippen molar-refractivity contribution in [1.29, 1.82) is 0 Å². The fraction of sp³-hybridized carbons (Fsp3) is 1.00. The van der Waals surface area contributed by atoms with E-state index in [2.05, 4.69) is 26.1 Å². The monoisotopic (exact) mass is 159 g/mol. The molecule has 0 aliphatic carbocycles. The molecule has 2 heteroatoms. The number of nitrogens with one attached hydrogen (secondary N) is 1. The van der Waals surface area contributed by atoms with E-state index in [-0.39, 0.29) is 8.80 Å². The number of hydrogen-bond acceptors (Lipinski definition) is 1. The lowest BCUT2D eigenvalue weighted by Gasteiger charge is -2.11. The summed E-state index contributed by atoms with van der Waals surface area (Å²) in [5.74, 6) is 0. The van der Waals surface area contributed by atoms with E-state index in [1.165, 1.54) is 24.7 Å². The average Bonchev–Trinajstić information content (AvgIpc) is 1.98. The molecule has 0 aliphatic heterocycles. The highest BCUT2D eigenvalue weighted by molar-refractivity contribution is 6.58. The summed E-state index contributed by atoms with van der Waals surface area (Å²) in [7, 11) is -0.342. The van der Waals surface area contributed by atoms with Gasteiger partial charge in [0.15, 0.2) is 0 Å². The van der Waals surface area contributed by atoms with Gasteiger partial charge in [0.05, 0.1) is 8.80 Å². The van der Waals surface area contributed by atoms with Crippen LogP contribution >= 0.6 is 0 Å². The Kier molecular flexibility index (Phi) is 7.41. The Morgan fingerprint density at radius 1 is 1.20 bits per heavy atom. The second-order valence-corrected chi connectivity index (χ2v) is 6.40. The maximum absolute atomic E-state index is 3.45. The Hall–Kier alpha value is 0.177. The minimum atomic E-state index is -0.342. The summed E-state index contributed by atoms with van der Waals surface area (Å²) >= 11 is 0. The van der Waals surface area contributed by atoms with Gasteiger partial charge in [-0.1, -0.05) is 39.3 Å². The molecule has 0 aromatic carbocycles. The van der Waals surface area contributed by atoms with Crippen LogP contribution in [-0.4, -0.2) is 21.5 Å². The van der Waals surface area contributed by atoms with Gasteiger partial charge in [0.2, 0.25) is 0 Å². The first-order valence-corrected chi connectivity index (χ1v) is 7.00. The first-order chi connectivity index (χ1) is 4.85. The lowest BCUT2D eigenvalue weighted by atomic mass is 10.6. The number of hydrogen-bond donors (Lipinski definition) is 1. The molecule has 0 fully saturated rings. The van der Waals surface area contributed by atoms with E-state index in [4.69, 9.17) is 0 Å². The van der Waals surface area contributed by atoms with E-state index in [1.807, 2.05) is 0 Å². The molecular weight excluding hydrogens is 138 g/mol. The van der Waals surface area contributed by atoms with Gasteiger partial charge in [-0.25, -0.2) is 0 Å². The normalized spacial score (nSPS) is 13.5. The van der Waals surface area contributed by atoms with Crippen LogP contribution in [-0.2, 0) is 0 Å². The molecule has 0 rings (SSSR count). The zero-order valence-corrected chi connectivity index (χ0v) is 8.77. The van der Waals surface area contributed by atoms with Crippen LogP contribution in [0.25, 0.3) is 0 Å². The zero-order valence-electron chi connectivity index (χ0n) is 7.61. The van der Waals surface area contributed by atoms with Gasteiger partial charge in [-0.3, -0.25) is 0 Å². The second kappa shape index (κ2) is 7.29. The van der Waals surface area contributed by atoms with Crippen LogP contribution < -0.4 is 5.32 Å². The van der Waals surface area contributed by atoms with Crippen LogP contribution in [0, 0.1) is 0 Å². The van der Waals surface area contributed by atoms with Gasteiger partial charge >= 0.3 is 0 Å². The quantitative estimate of drug-likeness (QED) is 0.583. The van der Waals surface area contributed by atoms with Crippen LogP contribution in [0.3, 0.4) is 0 Å². The Bertz CT molecular complexity index is 66.3. The summed E-state index contributed by atoms with van der Waals surface area (Å²) in [5.41, 5.74) is 0. The minimum Gasteiger partial charge on any atom is -0.320 e. The van der Waals surface area contributed by atoms with Crippen molar-refractivity contribution in [3.63, 3.8) is 0 Å². The van der Waals surface area contributed by atoms with Crippen molar-refractivity contribution in [3.05, 3.63) is 0 Å². The summed E-state index contributed by atoms with van der Waals surface area (Å²) in [6, 6.07) is 2.98. The molecule has 1 atom stereocenters. The van der Waals surface area contributed by atoms with Crippen molar-refractivity contribution in [2.75, 3.05) is 12.7 Å². The van der Waals surface area contributed by atoms with E-state index in [0.717, 1.165) is 6.54 Å². The Balaban J connectivity index is 3.21. The highest BCUT2D eigenvalue weighted by Gasteiger charge is 2.04. The van der Waals surface area contributed by atoms with Gasteiger partial charge in [-0.05, 0) is 12.7 Å². The fourth-order valence-corrected chi connectivity index (χ4v) is 3.62. The maximum Gasteiger partial charge on any atom is 0.0524 e. The molecule has 0 saturated heterocycles. The molecule has 0 aromatic heterocycles. The van der Waals surface area contributed by atoms with Gasteiger partial charge in [-0.15, -0.1) is 0 Å². The zero-order chi connectivity index (χ0) is 7.82. The molecule has 1 nitrogen and oxygen atoms in total. The third kappa shape index (κ3) is 5.00. The van der Waals surface area contributed by atoms with E-state index in [0.29, 0.717) is 0 Å². The SMILES string of the molecule is CCC[SiH](CC)CNCC. The van der Waals surface area contributed by atoms with Crippen molar-refractivity contribution >= 4 is 8.80 Å². The largest absolute Gasteiger partial charge is 0.320 e. The molecule has 0 heterocycles. The van der Waals surface area contributed by atoms with Crippen molar-refractivity contribution in [2.45, 2.75) is 39.3 Å². The van der Waals surface area contributed by atoms with Gasteiger partial charge in [-0.2, -0.15) is 0 Å². The van der Waals surface area contributed by atoms with Crippen molar-refractivity contribution < 1.29 is 0 Å². The maximum atomic E-state index is 3.45.